The van der Waals surface area contributed by atoms with E-state index in [1.807, 2.05) is 46.0 Å². The first-order valence-electron chi connectivity index (χ1n) is 4.25. The average Bonchev–Trinajstić information content (AvgIpc) is 2.13. The van der Waals surface area contributed by atoms with Crippen LogP contribution in [0.4, 0.5) is 0 Å². The van der Waals surface area contributed by atoms with Crippen LogP contribution in [-0.4, -0.2) is 6.54 Å². The summed E-state index contributed by atoms with van der Waals surface area (Å²) in [6.45, 7) is 8.86. The third-order valence-corrected chi connectivity index (χ3v) is 0.849. The van der Waals surface area contributed by atoms with Crippen molar-refractivity contribution >= 4 is 0 Å². The molecule has 0 saturated carbocycles. The van der Waals surface area contributed by atoms with Gasteiger partial charge in [0.1, 0.15) is 0 Å². The van der Waals surface area contributed by atoms with Crippen LogP contribution < -0.4 is 11.1 Å². The molecular formula is C9H20N2. The Morgan fingerprint density at radius 3 is 2.00 bits per heavy atom. The Balaban J connectivity index is 0. The molecule has 0 aromatic heterocycles. The molecule has 0 saturated heterocycles. The zero-order valence-electron chi connectivity index (χ0n) is 8.02. The van der Waals surface area contributed by atoms with E-state index < -0.39 is 0 Å². The molecule has 1 aliphatic rings. The van der Waals surface area contributed by atoms with Gasteiger partial charge in [0.15, 0.2) is 0 Å². The van der Waals surface area contributed by atoms with Crippen molar-refractivity contribution in [3.8, 4) is 0 Å². The summed E-state index contributed by atoms with van der Waals surface area (Å²) in [4.78, 5) is 0. The fraction of sp³-hybridized carbons (Fsp3) is 0.556. The number of nitrogens with one attached hydrogen (secondary N) is 1. The van der Waals surface area contributed by atoms with Crippen molar-refractivity contribution in [2.75, 3.05) is 6.54 Å². The standard InChI is InChI=1S/C5H8N2.2C2H6/c6-5-1-3-7-4-2-5;2*1-2/h1-3,7H,4,6H2;2*1-2H3. The smallest absolute Gasteiger partial charge is 0.0348 e. The minimum absolute atomic E-state index is 0.846. The predicted octanol–water partition coefficient (Wildman–Crippen LogP) is 2.00. The van der Waals surface area contributed by atoms with Crippen molar-refractivity contribution in [3.05, 3.63) is 24.0 Å². The SMILES string of the molecule is CC.CC.NC1=CCNC=C1. The highest BCUT2D eigenvalue weighted by atomic mass is 14.8. The van der Waals surface area contributed by atoms with Gasteiger partial charge in [-0.3, -0.25) is 0 Å². The van der Waals surface area contributed by atoms with E-state index in [1.54, 1.807) is 0 Å². The summed E-state index contributed by atoms with van der Waals surface area (Å²) in [5.74, 6) is 0. The molecule has 1 heterocycles. The molecule has 0 bridgehead atoms. The van der Waals surface area contributed by atoms with E-state index in [4.69, 9.17) is 5.73 Å². The molecule has 2 heteroatoms. The van der Waals surface area contributed by atoms with Gasteiger partial charge in [-0.15, -0.1) is 0 Å². The Morgan fingerprint density at radius 2 is 1.82 bits per heavy atom. The van der Waals surface area contributed by atoms with E-state index in [9.17, 15) is 0 Å². The molecule has 1 aliphatic heterocycles. The van der Waals surface area contributed by atoms with Crippen LogP contribution >= 0.6 is 0 Å². The van der Waals surface area contributed by atoms with Crippen LogP contribution in [0.15, 0.2) is 24.0 Å². The first kappa shape index (κ1) is 12.7. The molecule has 11 heavy (non-hydrogen) atoms. The summed E-state index contributed by atoms with van der Waals surface area (Å²) in [6.07, 6.45) is 5.61. The number of hydrogen-bond donors (Lipinski definition) is 2. The minimum atomic E-state index is 0.846. The Hall–Kier alpha value is -0.920. The predicted molar refractivity (Wildman–Crippen MR) is 52.1 cm³/mol. The van der Waals surface area contributed by atoms with Crippen molar-refractivity contribution in [2.45, 2.75) is 27.7 Å². The fourth-order valence-electron chi connectivity index (χ4n) is 0.468. The molecule has 0 radical (unpaired) electrons. The molecular weight excluding hydrogens is 136 g/mol. The van der Waals surface area contributed by atoms with Crippen molar-refractivity contribution in [2.24, 2.45) is 5.73 Å². The van der Waals surface area contributed by atoms with Gasteiger partial charge in [-0.25, -0.2) is 0 Å². The average molecular weight is 156 g/mol. The molecule has 3 N–H and O–H groups in total. The topological polar surface area (TPSA) is 38.0 Å². The van der Waals surface area contributed by atoms with E-state index in [-0.39, 0.29) is 0 Å². The van der Waals surface area contributed by atoms with E-state index in [0.717, 1.165) is 12.2 Å². The largest absolute Gasteiger partial charge is 0.399 e. The number of nitrogens with two attached hydrogens (primary N) is 1. The molecule has 0 aliphatic carbocycles. The Labute approximate surface area is 70.2 Å². The summed E-state index contributed by atoms with van der Waals surface area (Å²) in [6, 6.07) is 0. The normalized spacial score (nSPS) is 12.5. The summed E-state index contributed by atoms with van der Waals surface area (Å²) >= 11 is 0. The number of allylic oxidation sites excluding steroid dienone is 1. The van der Waals surface area contributed by atoms with Crippen LogP contribution in [-0.2, 0) is 0 Å². The second kappa shape index (κ2) is 11.8. The molecule has 66 valence electrons. The van der Waals surface area contributed by atoms with Crippen LogP contribution in [0.25, 0.3) is 0 Å². The van der Waals surface area contributed by atoms with Gasteiger partial charge in [0.05, 0.1) is 0 Å². The Morgan fingerprint density at radius 1 is 1.27 bits per heavy atom. The van der Waals surface area contributed by atoms with Crippen molar-refractivity contribution in [1.29, 1.82) is 0 Å². The number of hydrogen-bond acceptors (Lipinski definition) is 2. The summed E-state index contributed by atoms with van der Waals surface area (Å²) in [7, 11) is 0. The first-order chi connectivity index (χ1) is 5.39. The van der Waals surface area contributed by atoms with Gasteiger partial charge in [-0.2, -0.15) is 0 Å². The highest BCUT2D eigenvalue weighted by molar-refractivity contribution is 5.17. The van der Waals surface area contributed by atoms with Gasteiger partial charge in [-0.05, 0) is 18.4 Å². The number of dihydropyridines is 1. The lowest BCUT2D eigenvalue weighted by atomic mass is 10.3. The van der Waals surface area contributed by atoms with Crippen molar-refractivity contribution < 1.29 is 0 Å². The summed E-state index contributed by atoms with van der Waals surface area (Å²) < 4.78 is 0. The summed E-state index contributed by atoms with van der Waals surface area (Å²) in [5, 5.41) is 2.98. The quantitative estimate of drug-likeness (QED) is 0.563. The summed E-state index contributed by atoms with van der Waals surface area (Å²) in [5.41, 5.74) is 6.22. The van der Waals surface area contributed by atoms with Gasteiger partial charge in [0.2, 0.25) is 0 Å². The molecule has 1 rings (SSSR count). The second-order valence-corrected chi connectivity index (χ2v) is 1.45. The maximum absolute atomic E-state index is 5.37. The monoisotopic (exact) mass is 156 g/mol. The van der Waals surface area contributed by atoms with E-state index in [0.29, 0.717) is 0 Å². The van der Waals surface area contributed by atoms with Crippen molar-refractivity contribution in [3.63, 3.8) is 0 Å². The molecule has 0 amide bonds. The van der Waals surface area contributed by atoms with Crippen LogP contribution in [0.2, 0.25) is 0 Å². The fourth-order valence-corrected chi connectivity index (χ4v) is 0.468. The maximum Gasteiger partial charge on any atom is 0.0348 e. The van der Waals surface area contributed by atoms with Gasteiger partial charge in [0.25, 0.3) is 0 Å². The zero-order chi connectivity index (χ0) is 9.11. The molecule has 0 atom stereocenters. The highest BCUT2D eigenvalue weighted by Crippen LogP contribution is 1.87. The molecule has 0 unspecified atom stereocenters. The molecule has 0 fully saturated rings. The van der Waals surface area contributed by atoms with E-state index in [1.165, 1.54) is 0 Å². The first-order valence-corrected chi connectivity index (χ1v) is 4.25. The molecule has 0 aromatic carbocycles. The minimum Gasteiger partial charge on any atom is -0.399 e. The molecule has 0 spiro atoms. The lowest BCUT2D eigenvalue weighted by Gasteiger charge is -2.00. The maximum atomic E-state index is 5.37. The number of rotatable bonds is 0. The van der Waals surface area contributed by atoms with Gasteiger partial charge < -0.3 is 11.1 Å². The van der Waals surface area contributed by atoms with Crippen LogP contribution in [0.3, 0.4) is 0 Å². The van der Waals surface area contributed by atoms with Crippen LogP contribution in [0, 0.1) is 0 Å². The Kier molecular flexibility index (Phi) is 13.7. The molecule has 0 aromatic rings. The van der Waals surface area contributed by atoms with Crippen LogP contribution in [0.5, 0.6) is 0 Å². The van der Waals surface area contributed by atoms with Gasteiger partial charge >= 0.3 is 0 Å². The molecule has 2 nitrogen and oxygen atoms in total. The van der Waals surface area contributed by atoms with E-state index >= 15 is 0 Å². The van der Waals surface area contributed by atoms with Gasteiger partial charge in [0, 0.05) is 12.2 Å². The third kappa shape index (κ3) is 9.08. The second-order valence-electron chi connectivity index (χ2n) is 1.45. The Bertz CT molecular complexity index is 115. The lowest BCUT2D eigenvalue weighted by Crippen LogP contribution is -2.11. The van der Waals surface area contributed by atoms with E-state index in [2.05, 4.69) is 5.32 Å². The zero-order valence-corrected chi connectivity index (χ0v) is 8.02. The van der Waals surface area contributed by atoms with Crippen molar-refractivity contribution in [1.82, 2.24) is 5.32 Å². The van der Waals surface area contributed by atoms with Gasteiger partial charge in [-0.1, -0.05) is 27.7 Å². The lowest BCUT2D eigenvalue weighted by molar-refractivity contribution is 0.954. The highest BCUT2D eigenvalue weighted by Gasteiger charge is 1.84. The van der Waals surface area contributed by atoms with Crippen LogP contribution in [0.1, 0.15) is 27.7 Å². The third-order valence-electron chi connectivity index (χ3n) is 0.849.